The van der Waals surface area contributed by atoms with E-state index in [0.29, 0.717) is 36.5 Å². The van der Waals surface area contributed by atoms with Crippen LogP contribution in [0.1, 0.15) is 98.3 Å². The van der Waals surface area contributed by atoms with Crippen LogP contribution in [0.2, 0.25) is 0 Å². The van der Waals surface area contributed by atoms with E-state index in [2.05, 4.69) is 26.0 Å². The molecule has 29 heavy (non-hydrogen) atoms. The third kappa shape index (κ3) is 5.74. The smallest absolute Gasteiger partial charge is 0.0602 e. The lowest BCUT2D eigenvalue weighted by atomic mass is 9.60. The third-order valence-electron chi connectivity index (χ3n) is 8.25. The molecule has 3 saturated carbocycles. The molecule has 3 N–H and O–H groups in total. The van der Waals surface area contributed by atoms with Crippen molar-refractivity contribution in [3.05, 3.63) is 23.3 Å². The number of allylic oxidation sites excluding steroid dienone is 3. The van der Waals surface area contributed by atoms with Gasteiger partial charge in [-0.15, -0.1) is 0 Å². The molecule has 3 nitrogen and oxygen atoms in total. The van der Waals surface area contributed by atoms with E-state index in [1.165, 1.54) is 44.1 Å². The van der Waals surface area contributed by atoms with E-state index < -0.39 is 5.60 Å². The summed E-state index contributed by atoms with van der Waals surface area (Å²) in [6.45, 7) is 8.81. The van der Waals surface area contributed by atoms with Crippen LogP contribution >= 0.6 is 0 Å². The Morgan fingerprint density at radius 3 is 2.48 bits per heavy atom. The molecule has 0 spiro atoms. The highest BCUT2D eigenvalue weighted by molar-refractivity contribution is 5.26. The van der Waals surface area contributed by atoms with Crippen LogP contribution in [0.5, 0.6) is 0 Å². The van der Waals surface area contributed by atoms with Gasteiger partial charge in [0.1, 0.15) is 0 Å². The lowest BCUT2D eigenvalue weighted by molar-refractivity contribution is 0.0591. The van der Waals surface area contributed by atoms with Crippen molar-refractivity contribution in [1.82, 2.24) is 0 Å². The molecule has 0 amide bonds. The monoisotopic (exact) mass is 404 g/mol. The highest BCUT2D eigenvalue weighted by Gasteiger charge is 2.50. The average molecular weight is 405 g/mol. The summed E-state index contributed by atoms with van der Waals surface area (Å²) < 4.78 is 0. The average Bonchev–Trinajstić information content (AvgIpc) is 2.95. The first-order valence-electron chi connectivity index (χ1n) is 12.1. The van der Waals surface area contributed by atoms with Crippen molar-refractivity contribution in [2.75, 3.05) is 0 Å². The number of hydrogen-bond donors (Lipinski definition) is 3. The molecule has 0 aromatic heterocycles. The van der Waals surface area contributed by atoms with E-state index in [-0.39, 0.29) is 12.2 Å². The maximum absolute atomic E-state index is 10.0. The Bertz CT molecular complexity index is 602. The summed E-state index contributed by atoms with van der Waals surface area (Å²) in [6, 6.07) is 0. The van der Waals surface area contributed by atoms with E-state index in [1.54, 1.807) is 5.57 Å². The van der Waals surface area contributed by atoms with Crippen molar-refractivity contribution >= 4 is 0 Å². The van der Waals surface area contributed by atoms with E-state index in [4.69, 9.17) is 0 Å². The van der Waals surface area contributed by atoms with Crippen LogP contribution < -0.4 is 0 Å². The predicted octanol–water partition coefficient (Wildman–Crippen LogP) is 5.54. The number of hydrogen-bond acceptors (Lipinski definition) is 3. The molecule has 0 bridgehead atoms. The third-order valence-corrected chi connectivity index (χ3v) is 8.25. The summed E-state index contributed by atoms with van der Waals surface area (Å²) in [5, 5.41) is 29.9. The molecule has 166 valence electrons. The largest absolute Gasteiger partial charge is 0.393 e. The van der Waals surface area contributed by atoms with Gasteiger partial charge >= 0.3 is 0 Å². The summed E-state index contributed by atoms with van der Waals surface area (Å²) in [6.07, 6.45) is 15.4. The first-order valence-corrected chi connectivity index (χ1v) is 12.1. The molecule has 3 rings (SSSR count). The molecule has 0 radical (unpaired) electrons. The highest BCUT2D eigenvalue weighted by Crippen LogP contribution is 2.59. The first-order chi connectivity index (χ1) is 13.6. The summed E-state index contributed by atoms with van der Waals surface area (Å²) in [4.78, 5) is 0. The van der Waals surface area contributed by atoms with Crippen LogP contribution in [-0.4, -0.2) is 33.1 Å². The minimum absolute atomic E-state index is 0.388. The van der Waals surface area contributed by atoms with Crippen molar-refractivity contribution < 1.29 is 15.3 Å². The molecule has 0 heterocycles. The topological polar surface area (TPSA) is 60.7 Å². The van der Waals surface area contributed by atoms with Gasteiger partial charge in [-0.05, 0) is 94.8 Å². The van der Waals surface area contributed by atoms with Gasteiger partial charge in [0.15, 0.2) is 0 Å². The predicted molar refractivity (Wildman–Crippen MR) is 120 cm³/mol. The molecule has 0 aromatic rings. The fraction of sp³-hybridized carbons (Fsp3) is 0.846. The van der Waals surface area contributed by atoms with Gasteiger partial charge < -0.3 is 15.3 Å². The molecule has 3 heteroatoms. The number of aliphatic hydroxyl groups is 3. The van der Waals surface area contributed by atoms with E-state index in [9.17, 15) is 15.3 Å². The Kier molecular flexibility index (Phi) is 7.34. The fourth-order valence-corrected chi connectivity index (χ4v) is 6.80. The van der Waals surface area contributed by atoms with E-state index >= 15 is 0 Å². The molecule has 3 fully saturated rings. The van der Waals surface area contributed by atoms with Gasteiger partial charge in [0.05, 0.1) is 17.8 Å². The van der Waals surface area contributed by atoms with Crippen molar-refractivity contribution in [1.29, 1.82) is 0 Å². The van der Waals surface area contributed by atoms with Gasteiger partial charge in [-0.1, -0.05) is 50.0 Å². The molecule has 6 atom stereocenters. The Labute approximate surface area is 178 Å². The summed E-state index contributed by atoms with van der Waals surface area (Å²) in [5.41, 5.74) is 2.66. The Morgan fingerprint density at radius 1 is 1.14 bits per heavy atom. The number of fused-ring (bicyclic) bond motifs is 1. The molecule has 0 aromatic carbocycles. The van der Waals surface area contributed by atoms with E-state index in [0.717, 1.165) is 18.8 Å². The molecule has 1 unspecified atom stereocenters. The Balaban J connectivity index is 1.66. The molecule has 0 aliphatic heterocycles. The SMILES string of the molecule is C[C@H](CCCC(C)(C)O)[C@H]1CCC2/C(=C\C=C3C[C@@H](O)C[C@H](O)C3)CCC[C@]21C. The van der Waals surface area contributed by atoms with Gasteiger partial charge in [0.2, 0.25) is 0 Å². The molecule has 0 saturated heterocycles. The van der Waals surface area contributed by atoms with Crippen molar-refractivity contribution in [3.8, 4) is 0 Å². The number of aliphatic hydroxyl groups excluding tert-OH is 2. The molecular weight excluding hydrogens is 360 g/mol. The lowest BCUT2D eigenvalue weighted by Crippen LogP contribution is -2.36. The van der Waals surface area contributed by atoms with Gasteiger partial charge in [-0.25, -0.2) is 0 Å². The standard InChI is InChI=1S/C26H44O3/c1-18(7-5-13-25(2,3)29)23-11-12-24-20(8-6-14-26(23,24)4)10-9-19-15-21(27)17-22(28)16-19/h9-10,18,21-24,27-29H,5-8,11-17H2,1-4H3/b20-10-/t18-,21-,22-,23-,24?,26+/m1/s1. The lowest BCUT2D eigenvalue weighted by Gasteiger charge is -2.44. The van der Waals surface area contributed by atoms with Crippen LogP contribution in [0.3, 0.4) is 0 Å². The van der Waals surface area contributed by atoms with Gasteiger partial charge in [0.25, 0.3) is 0 Å². The van der Waals surface area contributed by atoms with Crippen LogP contribution in [0.15, 0.2) is 23.3 Å². The zero-order valence-corrected chi connectivity index (χ0v) is 19.2. The van der Waals surface area contributed by atoms with Crippen LogP contribution in [0, 0.1) is 23.2 Å². The zero-order chi connectivity index (χ0) is 21.2. The number of rotatable bonds is 6. The minimum Gasteiger partial charge on any atom is -0.393 e. The maximum atomic E-state index is 10.0. The van der Waals surface area contributed by atoms with Gasteiger partial charge in [-0.2, -0.15) is 0 Å². The molecule has 3 aliphatic rings. The quantitative estimate of drug-likeness (QED) is 0.545. The maximum Gasteiger partial charge on any atom is 0.0602 e. The second-order valence-corrected chi connectivity index (χ2v) is 11.3. The van der Waals surface area contributed by atoms with Crippen molar-refractivity contribution in [2.24, 2.45) is 23.2 Å². The summed E-state index contributed by atoms with van der Waals surface area (Å²) in [5.74, 6) is 2.19. The van der Waals surface area contributed by atoms with Crippen molar-refractivity contribution in [3.63, 3.8) is 0 Å². The van der Waals surface area contributed by atoms with Crippen molar-refractivity contribution in [2.45, 2.75) is 116 Å². The minimum atomic E-state index is -0.545. The Morgan fingerprint density at radius 2 is 1.83 bits per heavy atom. The molecule has 3 aliphatic carbocycles. The fourth-order valence-electron chi connectivity index (χ4n) is 6.80. The normalized spacial score (nSPS) is 38.2. The first kappa shape index (κ1) is 23.0. The van der Waals surface area contributed by atoms with Crippen LogP contribution in [-0.2, 0) is 0 Å². The molecular formula is C26H44O3. The van der Waals surface area contributed by atoms with Crippen LogP contribution in [0.25, 0.3) is 0 Å². The van der Waals surface area contributed by atoms with E-state index in [1.807, 2.05) is 13.8 Å². The Hall–Kier alpha value is -0.640. The van der Waals surface area contributed by atoms with Crippen LogP contribution in [0.4, 0.5) is 0 Å². The summed E-state index contributed by atoms with van der Waals surface area (Å²) >= 11 is 0. The van der Waals surface area contributed by atoms with Gasteiger partial charge in [-0.3, -0.25) is 0 Å². The zero-order valence-electron chi connectivity index (χ0n) is 19.2. The summed E-state index contributed by atoms with van der Waals surface area (Å²) in [7, 11) is 0. The second-order valence-electron chi connectivity index (χ2n) is 11.3. The van der Waals surface area contributed by atoms with Gasteiger partial charge in [0, 0.05) is 0 Å². The second kappa shape index (κ2) is 9.24. The highest BCUT2D eigenvalue weighted by atomic mass is 16.3.